The van der Waals surface area contributed by atoms with E-state index >= 15 is 0 Å². The van der Waals surface area contributed by atoms with Crippen LogP contribution in [0.2, 0.25) is 0 Å². The largest absolute Gasteiger partial charge is 0.497 e. The zero-order valence-corrected chi connectivity index (χ0v) is 25.9. The van der Waals surface area contributed by atoms with Crippen LogP contribution in [-0.4, -0.2) is 59.0 Å². The molecule has 4 aromatic rings. The maximum absolute atomic E-state index is 13.1. The molecule has 4 rings (SSSR count). The Labute approximate surface area is 265 Å². The molecule has 0 aliphatic carbocycles. The monoisotopic (exact) mass is 627 g/mol. The molecule has 0 aliphatic rings. The number of rotatable bonds is 13. The molecular weight excluding hydrogens is 594 g/mol. The van der Waals surface area contributed by atoms with Crippen LogP contribution in [0.1, 0.15) is 43.6 Å². The number of nitrogens with zero attached hydrogens (tertiary/aromatic N) is 1. The Hall–Kier alpha value is -6.04. The first-order valence-corrected chi connectivity index (χ1v) is 14.0. The summed E-state index contributed by atoms with van der Waals surface area (Å²) < 4.78 is 32.3. The molecule has 0 radical (unpaired) electrons. The molecule has 0 aliphatic heterocycles. The van der Waals surface area contributed by atoms with Gasteiger partial charge in [0.1, 0.15) is 5.75 Å². The van der Waals surface area contributed by atoms with Gasteiger partial charge in [-0.2, -0.15) is 5.10 Å². The number of benzene rings is 4. The van der Waals surface area contributed by atoms with Crippen LogP contribution >= 0.6 is 0 Å². The Balaban J connectivity index is 1.45. The number of nitrogens with one attached hydrogen (secondary N) is 2. The van der Waals surface area contributed by atoms with Gasteiger partial charge in [-0.05, 0) is 79.2 Å². The molecule has 0 atom stereocenters. The van der Waals surface area contributed by atoms with Gasteiger partial charge in [-0.1, -0.05) is 12.1 Å². The molecule has 0 saturated carbocycles. The third-order valence-electron chi connectivity index (χ3n) is 6.52. The van der Waals surface area contributed by atoms with Crippen LogP contribution in [0.3, 0.4) is 0 Å². The number of para-hydroxylation sites is 1. The van der Waals surface area contributed by atoms with Crippen LogP contribution in [0.5, 0.6) is 34.5 Å². The van der Waals surface area contributed by atoms with Crippen LogP contribution in [0.25, 0.3) is 0 Å². The van der Waals surface area contributed by atoms with Gasteiger partial charge in [0, 0.05) is 5.56 Å². The van der Waals surface area contributed by atoms with E-state index in [2.05, 4.69) is 15.8 Å². The summed E-state index contributed by atoms with van der Waals surface area (Å²) in [7, 11) is 5.90. The van der Waals surface area contributed by atoms with Crippen LogP contribution in [0.15, 0.2) is 84.0 Å². The third-order valence-corrected chi connectivity index (χ3v) is 6.52. The Kier molecular flexibility index (Phi) is 11.2. The van der Waals surface area contributed by atoms with E-state index in [1.165, 1.54) is 46.8 Å². The summed E-state index contributed by atoms with van der Waals surface area (Å²) in [5, 5.41) is 6.81. The second-order valence-electron chi connectivity index (χ2n) is 9.37. The van der Waals surface area contributed by atoms with Gasteiger partial charge in [0.25, 0.3) is 11.8 Å². The fraction of sp³-hybridized carbons (Fsp3) is 0.176. The van der Waals surface area contributed by atoms with Crippen molar-refractivity contribution in [2.75, 3.05) is 40.4 Å². The number of anilines is 1. The average Bonchev–Trinajstić information content (AvgIpc) is 3.08. The van der Waals surface area contributed by atoms with Gasteiger partial charge in [-0.15, -0.1) is 0 Å². The summed E-state index contributed by atoms with van der Waals surface area (Å²) >= 11 is 0. The number of hydrogen-bond donors (Lipinski definition) is 2. The van der Waals surface area contributed by atoms with E-state index in [0.717, 1.165) is 0 Å². The third kappa shape index (κ3) is 7.91. The predicted molar refractivity (Wildman–Crippen MR) is 171 cm³/mol. The topological polar surface area (TPSA) is 143 Å². The summed E-state index contributed by atoms with van der Waals surface area (Å²) in [5.74, 6) is 0.495. The van der Waals surface area contributed by atoms with Crippen molar-refractivity contribution in [3.05, 3.63) is 101 Å². The molecule has 0 heterocycles. The van der Waals surface area contributed by atoms with E-state index in [9.17, 15) is 14.4 Å². The summed E-state index contributed by atoms with van der Waals surface area (Å²) in [6, 6.07) is 20.9. The standard InChI is InChI=1S/C34H33N3O9/c1-6-45-28-17-21(11-16-27(28)46-34(40)22-12-14-24(41-2)15-13-22)20-35-37-33(39)25-9-7-8-10-26(25)36-32(38)23-18-29(42-3)31(44-5)30(19-23)43-4/h7-20H,6H2,1-5H3,(H,36,38)(H,37,39)/b35-20-. The van der Waals surface area contributed by atoms with Gasteiger partial charge >= 0.3 is 5.97 Å². The highest BCUT2D eigenvalue weighted by Gasteiger charge is 2.19. The number of hydrogen-bond acceptors (Lipinski definition) is 10. The van der Waals surface area contributed by atoms with Crippen molar-refractivity contribution >= 4 is 29.7 Å². The number of carbonyl (C=O) groups is 3. The van der Waals surface area contributed by atoms with Gasteiger partial charge in [-0.25, -0.2) is 10.2 Å². The smallest absolute Gasteiger partial charge is 0.343 e. The normalized spacial score (nSPS) is 10.5. The number of ether oxygens (including phenoxy) is 6. The van der Waals surface area contributed by atoms with Crippen LogP contribution in [-0.2, 0) is 0 Å². The van der Waals surface area contributed by atoms with E-state index in [4.69, 9.17) is 28.4 Å². The molecule has 0 saturated heterocycles. The lowest BCUT2D eigenvalue weighted by molar-refractivity contribution is 0.0727. The second kappa shape index (κ2) is 15.6. The van der Waals surface area contributed by atoms with E-state index < -0.39 is 17.8 Å². The van der Waals surface area contributed by atoms with E-state index in [1.807, 2.05) is 0 Å². The predicted octanol–water partition coefficient (Wildman–Crippen LogP) is 5.36. The molecule has 2 N–H and O–H groups in total. The Morgan fingerprint density at radius 3 is 2.04 bits per heavy atom. The SMILES string of the molecule is CCOc1cc(/C=N\NC(=O)c2ccccc2NC(=O)c2cc(OC)c(OC)c(OC)c2)ccc1OC(=O)c1ccc(OC)cc1. The number of esters is 1. The minimum atomic E-state index is -0.563. The van der Waals surface area contributed by atoms with Crippen LogP contribution in [0, 0.1) is 0 Å². The fourth-order valence-corrected chi connectivity index (χ4v) is 4.27. The molecule has 238 valence electrons. The van der Waals surface area contributed by atoms with Gasteiger partial charge in [0.2, 0.25) is 5.75 Å². The van der Waals surface area contributed by atoms with E-state index in [0.29, 0.717) is 46.5 Å². The van der Waals surface area contributed by atoms with Gasteiger partial charge in [-0.3, -0.25) is 9.59 Å². The minimum Gasteiger partial charge on any atom is -0.497 e. The first kappa shape index (κ1) is 32.9. The summed E-state index contributed by atoms with van der Waals surface area (Å²) in [6.07, 6.45) is 1.41. The first-order valence-electron chi connectivity index (χ1n) is 14.0. The van der Waals surface area contributed by atoms with E-state index in [-0.39, 0.29) is 22.6 Å². The zero-order chi connectivity index (χ0) is 33.1. The molecule has 12 nitrogen and oxygen atoms in total. The number of methoxy groups -OCH3 is 4. The number of hydrazone groups is 1. The molecule has 4 aromatic carbocycles. The van der Waals surface area contributed by atoms with E-state index in [1.54, 1.807) is 73.7 Å². The molecule has 0 aromatic heterocycles. The molecule has 0 spiro atoms. The first-order chi connectivity index (χ1) is 22.3. The molecular formula is C34H33N3O9. The summed E-state index contributed by atoms with van der Waals surface area (Å²) in [4.78, 5) is 38.9. The second-order valence-corrected chi connectivity index (χ2v) is 9.37. The molecule has 2 amide bonds. The maximum atomic E-state index is 13.1. The summed E-state index contributed by atoms with van der Waals surface area (Å²) in [5.41, 5.74) is 4.04. The Morgan fingerprint density at radius 2 is 1.41 bits per heavy atom. The Bertz CT molecular complexity index is 1710. The molecule has 46 heavy (non-hydrogen) atoms. The van der Waals surface area contributed by atoms with Gasteiger partial charge in [0.05, 0.1) is 58.1 Å². The quantitative estimate of drug-likeness (QED) is 0.0867. The number of carbonyl (C=O) groups excluding carboxylic acids is 3. The van der Waals surface area contributed by atoms with Gasteiger partial charge < -0.3 is 33.7 Å². The highest BCUT2D eigenvalue weighted by atomic mass is 16.6. The number of amides is 2. The van der Waals surface area contributed by atoms with Crippen molar-refractivity contribution in [2.24, 2.45) is 5.10 Å². The van der Waals surface area contributed by atoms with Crippen molar-refractivity contribution in [1.82, 2.24) is 5.43 Å². The molecule has 0 unspecified atom stereocenters. The highest BCUT2D eigenvalue weighted by Crippen LogP contribution is 2.38. The molecule has 12 heteroatoms. The highest BCUT2D eigenvalue weighted by molar-refractivity contribution is 6.09. The van der Waals surface area contributed by atoms with Crippen LogP contribution in [0.4, 0.5) is 5.69 Å². The minimum absolute atomic E-state index is 0.177. The van der Waals surface area contributed by atoms with Crippen molar-refractivity contribution in [3.63, 3.8) is 0 Å². The maximum Gasteiger partial charge on any atom is 0.343 e. The Morgan fingerprint density at radius 1 is 0.717 bits per heavy atom. The average molecular weight is 628 g/mol. The summed E-state index contributed by atoms with van der Waals surface area (Å²) in [6.45, 7) is 2.12. The van der Waals surface area contributed by atoms with Gasteiger partial charge in [0.15, 0.2) is 23.0 Å². The fourth-order valence-electron chi connectivity index (χ4n) is 4.27. The molecule has 0 fully saturated rings. The lowest BCUT2D eigenvalue weighted by Gasteiger charge is -2.15. The van der Waals surface area contributed by atoms with Crippen molar-refractivity contribution in [1.29, 1.82) is 0 Å². The lowest BCUT2D eigenvalue weighted by Crippen LogP contribution is -2.21. The van der Waals surface area contributed by atoms with Crippen molar-refractivity contribution in [2.45, 2.75) is 6.92 Å². The van der Waals surface area contributed by atoms with Crippen molar-refractivity contribution < 1.29 is 42.8 Å². The molecule has 0 bridgehead atoms. The van der Waals surface area contributed by atoms with Crippen molar-refractivity contribution in [3.8, 4) is 34.5 Å². The lowest BCUT2D eigenvalue weighted by atomic mass is 10.1. The van der Waals surface area contributed by atoms with Crippen LogP contribution < -0.4 is 39.2 Å². The zero-order valence-electron chi connectivity index (χ0n) is 25.9.